The summed E-state index contributed by atoms with van der Waals surface area (Å²) in [7, 11) is 0. The molecule has 4 heteroatoms. The van der Waals surface area contributed by atoms with E-state index in [0.717, 1.165) is 29.4 Å². The van der Waals surface area contributed by atoms with Gasteiger partial charge in [0.05, 0.1) is 5.69 Å². The van der Waals surface area contributed by atoms with Crippen LogP contribution in [0.3, 0.4) is 0 Å². The molecular formula is C17H19ClN2O. The van der Waals surface area contributed by atoms with Crippen LogP contribution in [0.25, 0.3) is 22.0 Å². The lowest BCUT2D eigenvalue weighted by Gasteiger charge is -2.05. The van der Waals surface area contributed by atoms with Crippen molar-refractivity contribution in [1.82, 2.24) is 4.98 Å². The van der Waals surface area contributed by atoms with Crippen molar-refractivity contribution in [2.75, 3.05) is 12.3 Å². The summed E-state index contributed by atoms with van der Waals surface area (Å²) in [6.07, 6.45) is 3.56. The van der Waals surface area contributed by atoms with E-state index < -0.39 is 0 Å². The second-order valence-electron chi connectivity index (χ2n) is 5.03. The summed E-state index contributed by atoms with van der Waals surface area (Å²) in [6.45, 7) is 0.243. The van der Waals surface area contributed by atoms with Crippen LogP contribution in [-0.2, 0) is 6.42 Å². The highest BCUT2D eigenvalue weighted by atomic mass is 35.5. The zero-order valence-corrected chi connectivity index (χ0v) is 12.5. The Hall–Kier alpha value is -1.97. The lowest BCUT2D eigenvalue weighted by atomic mass is 10.0. The van der Waals surface area contributed by atoms with E-state index in [1.165, 1.54) is 16.7 Å². The van der Waals surface area contributed by atoms with Gasteiger partial charge in [-0.25, -0.2) is 0 Å². The Morgan fingerprint density at radius 2 is 1.71 bits per heavy atom. The summed E-state index contributed by atoms with van der Waals surface area (Å²) < 4.78 is 0. The van der Waals surface area contributed by atoms with Gasteiger partial charge in [0.2, 0.25) is 0 Å². The number of H-pyrrole nitrogens is 1. The Bertz CT molecular complexity index is 719. The van der Waals surface area contributed by atoms with Crippen LogP contribution in [0.15, 0.2) is 48.7 Å². The van der Waals surface area contributed by atoms with E-state index in [1.807, 2.05) is 6.20 Å². The van der Waals surface area contributed by atoms with E-state index in [1.54, 1.807) is 0 Å². The molecule has 0 aliphatic rings. The molecule has 0 bridgehead atoms. The molecule has 0 aliphatic carbocycles. The van der Waals surface area contributed by atoms with Crippen molar-refractivity contribution < 1.29 is 5.11 Å². The minimum Gasteiger partial charge on any atom is -0.397 e. The Kier molecular flexibility index (Phi) is 4.89. The van der Waals surface area contributed by atoms with Crippen LogP contribution in [0.2, 0.25) is 0 Å². The molecule has 110 valence electrons. The zero-order chi connectivity index (χ0) is 13.9. The molecule has 0 aliphatic heterocycles. The summed E-state index contributed by atoms with van der Waals surface area (Å²) in [5.41, 5.74) is 11.3. The van der Waals surface area contributed by atoms with Crippen molar-refractivity contribution in [3.05, 3.63) is 54.2 Å². The van der Waals surface area contributed by atoms with Crippen molar-refractivity contribution >= 4 is 29.0 Å². The molecule has 0 saturated carbocycles. The molecule has 0 saturated heterocycles. The maximum absolute atomic E-state index is 8.85. The van der Waals surface area contributed by atoms with Gasteiger partial charge in [-0.05, 0) is 35.6 Å². The number of hydrogen-bond donors (Lipinski definition) is 3. The molecule has 21 heavy (non-hydrogen) atoms. The number of benzene rings is 2. The predicted octanol–water partition coefficient (Wildman–Crippen LogP) is 3.76. The highest BCUT2D eigenvalue weighted by molar-refractivity contribution is 5.93. The quantitative estimate of drug-likeness (QED) is 0.687. The normalized spacial score (nSPS) is 10.5. The first-order chi connectivity index (χ1) is 9.78. The summed E-state index contributed by atoms with van der Waals surface area (Å²) in [5, 5.41) is 9.91. The van der Waals surface area contributed by atoms with E-state index in [2.05, 4.69) is 47.4 Å². The summed E-state index contributed by atoms with van der Waals surface area (Å²) in [4.78, 5) is 3.18. The fourth-order valence-corrected chi connectivity index (χ4v) is 2.48. The van der Waals surface area contributed by atoms with Crippen LogP contribution in [0, 0.1) is 0 Å². The van der Waals surface area contributed by atoms with Crippen LogP contribution in [0.4, 0.5) is 5.69 Å². The van der Waals surface area contributed by atoms with Gasteiger partial charge in [-0.1, -0.05) is 36.4 Å². The molecule has 3 aromatic rings. The van der Waals surface area contributed by atoms with Gasteiger partial charge in [-0.2, -0.15) is 0 Å². The van der Waals surface area contributed by atoms with Gasteiger partial charge in [0.1, 0.15) is 0 Å². The molecule has 0 fully saturated rings. The first kappa shape index (κ1) is 15.4. The Morgan fingerprint density at radius 1 is 1.00 bits per heavy atom. The number of aromatic nitrogens is 1. The van der Waals surface area contributed by atoms with Gasteiger partial charge in [0, 0.05) is 23.7 Å². The van der Waals surface area contributed by atoms with Crippen LogP contribution in [0.1, 0.15) is 12.0 Å². The van der Waals surface area contributed by atoms with Crippen molar-refractivity contribution in [3.8, 4) is 11.1 Å². The summed E-state index contributed by atoms with van der Waals surface area (Å²) in [5.74, 6) is 0. The molecule has 3 nitrogen and oxygen atoms in total. The van der Waals surface area contributed by atoms with Crippen molar-refractivity contribution in [3.63, 3.8) is 0 Å². The molecular weight excluding hydrogens is 284 g/mol. The summed E-state index contributed by atoms with van der Waals surface area (Å²) >= 11 is 0. The van der Waals surface area contributed by atoms with Gasteiger partial charge >= 0.3 is 0 Å². The van der Waals surface area contributed by atoms with Crippen LogP contribution < -0.4 is 5.73 Å². The van der Waals surface area contributed by atoms with E-state index in [0.29, 0.717) is 0 Å². The highest BCUT2D eigenvalue weighted by Gasteiger charge is 2.03. The first-order valence-corrected chi connectivity index (χ1v) is 6.85. The number of anilines is 1. The van der Waals surface area contributed by atoms with Crippen LogP contribution in [-0.4, -0.2) is 16.7 Å². The third kappa shape index (κ3) is 3.20. The molecule has 4 N–H and O–H groups in total. The zero-order valence-electron chi connectivity index (χ0n) is 11.7. The number of nitrogen functional groups attached to an aromatic ring is 1. The van der Waals surface area contributed by atoms with E-state index in [4.69, 9.17) is 10.8 Å². The smallest absolute Gasteiger partial charge is 0.0571 e. The second kappa shape index (κ2) is 6.66. The Balaban J connectivity index is 0.00000161. The average molecular weight is 303 g/mol. The lowest BCUT2D eigenvalue weighted by Crippen LogP contribution is -1.89. The number of fused-ring (bicyclic) bond motifs is 1. The molecule has 0 spiro atoms. The Labute approximate surface area is 130 Å². The third-order valence-corrected chi connectivity index (χ3v) is 3.62. The highest BCUT2D eigenvalue weighted by Crippen LogP contribution is 2.27. The van der Waals surface area contributed by atoms with E-state index in [9.17, 15) is 0 Å². The topological polar surface area (TPSA) is 62.0 Å². The average Bonchev–Trinajstić information content (AvgIpc) is 2.86. The summed E-state index contributed by atoms with van der Waals surface area (Å²) in [6, 6.07) is 14.8. The molecule has 3 rings (SSSR count). The van der Waals surface area contributed by atoms with Gasteiger partial charge in [-0.15, -0.1) is 12.4 Å². The van der Waals surface area contributed by atoms with Gasteiger partial charge in [-0.3, -0.25) is 0 Å². The largest absolute Gasteiger partial charge is 0.397 e. The standard InChI is InChI=1S/C17H18N2O.ClH/c18-16-11-19-17-10-14(7-8-15(16)17)13-5-3-12(4-6-13)2-1-9-20;/h3-8,10-11,19-20H,1-2,9,18H2;1H. The van der Waals surface area contributed by atoms with E-state index >= 15 is 0 Å². The number of hydrogen-bond acceptors (Lipinski definition) is 2. The van der Waals surface area contributed by atoms with Crippen LogP contribution in [0.5, 0.6) is 0 Å². The van der Waals surface area contributed by atoms with Crippen molar-refractivity contribution in [2.24, 2.45) is 0 Å². The fourth-order valence-electron chi connectivity index (χ4n) is 2.48. The third-order valence-electron chi connectivity index (χ3n) is 3.62. The van der Waals surface area contributed by atoms with Gasteiger partial charge < -0.3 is 15.8 Å². The number of aliphatic hydroxyl groups excluding tert-OH is 1. The van der Waals surface area contributed by atoms with E-state index in [-0.39, 0.29) is 19.0 Å². The predicted molar refractivity (Wildman–Crippen MR) is 90.8 cm³/mol. The molecule has 1 heterocycles. The number of aliphatic hydroxyl groups is 1. The molecule has 0 unspecified atom stereocenters. The maximum Gasteiger partial charge on any atom is 0.0571 e. The second-order valence-corrected chi connectivity index (χ2v) is 5.03. The minimum absolute atomic E-state index is 0. The SMILES string of the molecule is Cl.Nc1c[nH]c2cc(-c3ccc(CCCO)cc3)ccc12. The molecule has 0 amide bonds. The first-order valence-electron chi connectivity index (χ1n) is 6.85. The number of nitrogens with one attached hydrogen (secondary N) is 1. The molecule has 1 aromatic heterocycles. The Morgan fingerprint density at radius 3 is 2.43 bits per heavy atom. The number of halogens is 1. The minimum atomic E-state index is 0. The van der Waals surface area contributed by atoms with Crippen LogP contribution >= 0.6 is 12.4 Å². The van der Waals surface area contributed by atoms with Gasteiger partial charge in [0.25, 0.3) is 0 Å². The monoisotopic (exact) mass is 302 g/mol. The van der Waals surface area contributed by atoms with Crippen molar-refractivity contribution in [2.45, 2.75) is 12.8 Å². The number of aryl methyl sites for hydroxylation is 1. The molecule has 0 atom stereocenters. The fraction of sp³-hybridized carbons (Fsp3) is 0.176. The number of aromatic amines is 1. The van der Waals surface area contributed by atoms with Crippen molar-refractivity contribution in [1.29, 1.82) is 0 Å². The lowest BCUT2D eigenvalue weighted by molar-refractivity contribution is 0.288. The number of nitrogens with two attached hydrogens (primary N) is 1. The maximum atomic E-state index is 8.85. The molecule has 0 radical (unpaired) electrons. The van der Waals surface area contributed by atoms with Gasteiger partial charge in [0.15, 0.2) is 0 Å². The molecule has 2 aromatic carbocycles. The number of rotatable bonds is 4.